The Kier molecular flexibility index (Phi) is 4.76. The van der Waals surface area contributed by atoms with Gasteiger partial charge in [-0.15, -0.1) is 0 Å². The lowest BCUT2D eigenvalue weighted by atomic mass is 10.1. The minimum absolute atomic E-state index is 0.00321. The van der Waals surface area contributed by atoms with E-state index in [1.54, 1.807) is 47.4 Å². The largest absolute Gasteiger partial charge is 0.482 e. The second-order valence-electron chi connectivity index (χ2n) is 5.87. The van der Waals surface area contributed by atoms with E-state index in [-0.39, 0.29) is 18.4 Å². The van der Waals surface area contributed by atoms with Crippen molar-refractivity contribution in [3.05, 3.63) is 65.2 Å². The van der Waals surface area contributed by atoms with Crippen LogP contribution in [0.25, 0.3) is 0 Å². The third-order valence-corrected chi connectivity index (χ3v) is 3.95. The van der Waals surface area contributed by atoms with Gasteiger partial charge in [-0.25, -0.2) is 0 Å². The maximum Gasteiger partial charge on any atom is 0.265 e. The predicted molar refractivity (Wildman–Crippen MR) is 98.5 cm³/mol. The molecular formula is C19H17ClN2O3. The van der Waals surface area contributed by atoms with Crippen LogP contribution in [0.3, 0.4) is 0 Å². The van der Waals surface area contributed by atoms with Gasteiger partial charge in [-0.2, -0.15) is 0 Å². The lowest BCUT2D eigenvalue weighted by Gasteiger charge is -2.30. The number of carbonyl (C=O) groups is 2. The lowest BCUT2D eigenvalue weighted by Crippen LogP contribution is -2.39. The summed E-state index contributed by atoms with van der Waals surface area (Å²) < 4.78 is 5.46. The summed E-state index contributed by atoms with van der Waals surface area (Å²) in [4.78, 5) is 26.1. The molecule has 1 N–H and O–H groups in total. The van der Waals surface area contributed by atoms with Crippen LogP contribution in [0.5, 0.6) is 5.75 Å². The van der Waals surface area contributed by atoms with Gasteiger partial charge in [-0.05, 0) is 49.4 Å². The first-order valence-electron chi connectivity index (χ1n) is 7.72. The number of amides is 2. The average Bonchev–Trinajstić information content (AvgIpc) is 2.58. The molecule has 0 saturated carbocycles. The third-order valence-electron chi connectivity index (χ3n) is 3.69. The molecule has 2 amide bonds. The summed E-state index contributed by atoms with van der Waals surface area (Å²) in [7, 11) is 0. The fourth-order valence-electron chi connectivity index (χ4n) is 2.53. The standard InChI is InChI=1S/C19H17ClN2O3/c1-12(2)10-22-16-9-15(7-8-17(16)25-11-18(22)23)21-19(24)13-3-5-14(20)6-4-13/h3-9H,1,10-11H2,2H3,(H,21,24). The monoisotopic (exact) mass is 356 g/mol. The van der Waals surface area contributed by atoms with Crippen LogP contribution in [0.1, 0.15) is 17.3 Å². The summed E-state index contributed by atoms with van der Waals surface area (Å²) in [5.74, 6) is 0.202. The van der Waals surface area contributed by atoms with Crippen molar-refractivity contribution < 1.29 is 14.3 Å². The van der Waals surface area contributed by atoms with Gasteiger partial charge in [0.25, 0.3) is 11.8 Å². The van der Waals surface area contributed by atoms with Crippen LogP contribution in [-0.4, -0.2) is 25.0 Å². The molecule has 1 aliphatic rings. The molecule has 0 radical (unpaired) electrons. The van der Waals surface area contributed by atoms with Crippen molar-refractivity contribution in [3.8, 4) is 5.75 Å². The Bertz CT molecular complexity index is 846. The molecule has 0 spiro atoms. The van der Waals surface area contributed by atoms with E-state index in [0.717, 1.165) is 5.57 Å². The fraction of sp³-hybridized carbons (Fsp3) is 0.158. The summed E-state index contributed by atoms with van der Waals surface area (Å²) in [6.07, 6.45) is 0. The molecule has 6 heteroatoms. The van der Waals surface area contributed by atoms with Crippen LogP contribution in [-0.2, 0) is 4.79 Å². The van der Waals surface area contributed by atoms with Crippen LogP contribution < -0.4 is 15.0 Å². The van der Waals surface area contributed by atoms with Crippen molar-refractivity contribution in [3.63, 3.8) is 0 Å². The van der Waals surface area contributed by atoms with E-state index in [1.807, 2.05) is 6.92 Å². The Morgan fingerprint density at radius 3 is 2.68 bits per heavy atom. The molecule has 3 rings (SSSR count). The summed E-state index contributed by atoms with van der Waals surface area (Å²) >= 11 is 5.84. The Hall–Kier alpha value is -2.79. The number of ether oxygens (including phenoxy) is 1. The molecular weight excluding hydrogens is 340 g/mol. The molecule has 1 aliphatic heterocycles. The average molecular weight is 357 g/mol. The number of nitrogens with zero attached hydrogens (tertiary/aromatic N) is 1. The fourth-order valence-corrected chi connectivity index (χ4v) is 2.65. The summed E-state index contributed by atoms with van der Waals surface area (Å²) in [5, 5.41) is 3.38. The molecule has 5 nitrogen and oxygen atoms in total. The second kappa shape index (κ2) is 6.99. The maximum absolute atomic E-state index is 12.3. The number of carbonyl (C=O) groups excluding carboxylic acids is 2. The number of halogens is 1. The van der Waals surface area contributed by atoms with Gasteiger partial charge >= 0.3 is 0 Å². The van der Waals surface area contributed by atoms with Crippen molar-refractivity contribution in [2.24, 2.45) is 0 Å². The molecule has 25 heavy (non-hydrogen) atoms. The highest BCUT2D eigenvalue weighted by Crippen LogP contribution is 2.35. The molecule has 0 atom stereocenters. The molecule has 0 aromatic heterocycles. The predicted octanol–water partition coefficient (Wildman–Crippen LogP) is 3.89. The van der Waals surface area contributed by atoms with Gasteiger partial charge in [0.2, 0.25) is 0 Å². The first kappa shape index (κ1) is 17.0. The SMILES string of the molecule is C=C(C)CN1C(=O)COc2ccc(NC(=O)c3ccc(Cl)cc3)cc21. The molecule has 0 unspecified atom stereocenters. The van der Waals surface area contributed by atoms with Crippen molar-refractivity contribution in [1.29, 1.82) is 0 Å². The minimum Gasteiger partial charge on any atom is -0.482 e. The third kappa shape index (κ3) is 3.83. The first-order valence-corrected chi connectivity index (χ1v) is 8.10. The van der Waals surface area contributed by atoms with Gasteiger partial charge in [-0.3, -0.25) is 9.59 Å². The maximum atomic E-state index is 12.3. The van der Waals surface area contributed by atoms with Gasteiger partial charge in [0.15, 0.2) is 6.61 Å². The number of benzene rings is 2. The van der Waals surface area contributed by atoms with E-state index in [9.17, 15) is 9.59 Å². The Morgan fingerprint density at radius 1 is 1.28 bits per heavy atom. The van der Waals surface area contributed by atoms with Crippen molar-refractivity contribution in [2.45, 2.75) is 6.92 Å². The highest BCUT2D eigenvalue weighted by molar-refractivity contribution is 6.30. The molecule has 0 aliphatic carbocycles. The zero-order chi connectivity index (χ0) is 18.0. The first-order chi connectivity index (χ1) is 11.9. The van der Waals surface area contributed by atoms with E-state index in [2.05, 4.69) is 11.9 Å². The molecule has 128 valence electrons. The normalized spacial score (nSPS) is 13.0. The lowest BCUT2D eigenvalue weighted by molar-refractivity contribution is -0.121. The van der Waals surface area contributed by atoms with Crippen LogP contribution in [0.15, 0.2) is 54.6 Å². The number of fused-ring (bicyclic) bond motifs is 1. The van der Waals surface area contributed by atoms with Gasteiger partial charge in [0.1, 0.15) is 5.75 Å². The van der Waals surface area contributed by atoms with E-state index >= 15 is 0 Å². The van der Waals surface area contributed by atoms with E-state index < -0.39 is 0 Å². The number of hydrogen-bond acceptors (Lipinski definition) is 3. The molecule has 0 saturated heterocycles. The zero-order valence-electron chi connectivity index (χ0n) is 13.7. The quantitative estimate of drug-likeness (QED) is 0.845. The van der Waals surface area contributed by atoms with E-state index in [4.69, 9.17) is 16.3 Å². The highest BCUT2D eigenvalue weighted by Gasteiger charge is 2.25. The molecule has 1 heterocycles. The summed E-state index contributed by atoms with van der Waals surface area (Å²) in [5.41, 5.74) is 2.54. The Morgan fingerprint density at radius 2 is 2.00 bits per heavy atom. The van der Waals surface area contributed by atoms with Crippen molar-refractivity contribution in [2.75, 3.05) is 23.4 Å². The number of hydrogen-bond donors (Lipinski definition) is 1. The Balaban J connectivity index is 1.85. The highest BCUT2D eigenvalue weighted by atomic mass is 35.5. The molecule has 2 aromatic carbocycles. The number of rotatable bonds is 4. The minimum atomic E-state index is -0.258. The van der Waals surface area contributed by atoms with Gasteiger partial charge in [0, 0.05) is 22.8 Å². The molecule has 0 fully saturated rings. The zero-order valence-corrected chi connectivity index (χ0v) is 14.5. The topological polar surface area (TPSA) is 58.6 Å². The van der Waals surface area contributed by atoms with Gasteiger partial charge in [0.05, 0.1) is 5.69 Å². The van der Waals surface area contributed by atoms with Crippen LogP contribution in [0.4, 0.5) is 11.4 Å². The Labute approximate surface area is 150 Å². The van der Waals surface area contributed by atoms with Crippen LogP contribution in [0.2, 0.25) is 5.02 Å². The van der Waals surface area contributed by atoms with E-state index in [0.29, 0.717) is 34.3 Å². The second-order valence-corrected chi connectivity index (χ2v) is 6.31. The van der Waals surface area contributed by atoms with Crippen molar-refractivity contribution in [1.82, 2.24) is 0 Å². The number of anilines is 2. The number of nitrogens with one attached hydrogen (secondary N) is 1. The molecule has 0 bridgehead atoms. The van der Waals surface area contributed by atoms with Gasteiger partial charge in [-0.1, -0.05) is 23.8 Å². The summed E-state index contributed by atoms with van der Waals surface area (Å²) in [6, 6.07) is 11.8. The van der Waals surface area contributed by atoms with Crippen LogP contribution in [0, 0.1) is 0 Å². The smallest absolute Gasteiger partial charge is 0.265 e. The van der Waals surface area contributed by atoms with Crippen LogP contribution >= 0.6 is 11.6 Å². The summed E-state index contributed by atoms with van der Waals surface area (Å²) in [6.45, 7) is 6.12. The van der Waals surface area contributed by atoms with Gasteiger partial charge < -0.3 is 15.0 Å². The van der Waals surface area contributed by atoms with Crippen molar-refractivity contribution >= 4 is 34.8 Å². The molecule has 2 aromatic rings. The van der Waals surface area contributed by atoms with E-state index in [1.165, 1.54) is 0 Å².